The van der Waals surface area contributed by atoms with E-state index in [0.717, 1.165) is 56.0 Å². The molecule has 3 aromatic rings. The molecule has 0 aliphatic rings. The lowest BCUT2D eigenvalue weighted by Crippen LogP contribution is -2.23. The smallest absolute Gasteiger partial charge is 0.332 e. The molecule has 5 heteroatoms. The first-order chi connectivity index (χ1) is 17.2. The summed E-state index contributed by atoms with van der Waals surface area (Å²) in [5.41, 5.74) is 9.07. The first kappa shape index (κ1) is 26.9. The molecule has 0 saturated heterocycles. The van der Waals surface area contributed by atoms with Gasteiger partial charge in [0.2, 0.25) is 0 Å². The Morgan fingerprint density at radius 3 is 1.64 bits per heavy atom. The average molecular weight is 488 g/mol. The van der Waals surface area contributed by atoms with E-state index in [9.17, 15) is 4.79 Å². The number of rotatable bonds is 9. The van der Waals surface area contributed by atoms with Gasteiger partial charge >= 0.3 is 5.97 Å². The van der Waals surface area contributed by atoms with Gasteiger partial charge in [-0.05, 0) is 105 Å². The molecule has 0 atom stereocenters. The highest BCUT2D eigenvalue weighted by Gasteiger charge is 2.21. The number of nitrogens with one attached hydrogen (secondary N) is 1. The van der Waals surface area contributed by atoms with Crippen molar-refractivity contribution < 1.29 is 19.0 Å². The maximum atomic E-state index is 12.6. The fraction of sp³-hybridized carbons (Fsp3) is 0.323. The van der Waals surface area contributed by atoms with Crippen molar-refractivity contribution in [3.8, 4) is 11.5 Å². The monoisotopic (exact) mass is 487 g/mol. The van der Waals surface area contributed by atoms with Gasteiger partial charge in [-0.15, -0.1) is 0 Å². The second-order valence-corrected chi connectivity index (χ2v) is 9.13. The van der Waals surface area contributed by atoms with Crippen molar-refractivity contribution in [2.45, 2.75) is 47.6 Å². The van der Waals surface area contributed by atoms with Crippen molar-refractivity contribution >= 4 is 11.7 Å². The van der Waals surface area contributed by atoms with E-state index in [1.54, 1.807) is 21.1 Å². The zero-order valence-electron chi connectivity index (χ0n) is 22.6. The molecular formula is C31H37NO4. The summed E-state index contributed by atoms with van der Waals surface area (Å²) in [6.45, 7) is 12.4. The van der Waals surface area contributed by atoms with Crippen LogP contribution in [-0.4, -0.2) is 26.8 Å². The van der Waals surface area contributed by atoms with Crippen molar-refractivity contribution in [2.75, 3.05) is 20.8 Å². The summed E-state index contributed by atoms with van der Waals surface area (Å²) in [5.74, 6) is 1.37. The number of hydrogen-bond acceptors (Lipinski definition) is 5. The standard InChI is InChI=1S/C31H37NO4/c1-9-36-28(33)18-27(24-12-10-19(2)11-13-24)32-29(25-14-20(3)30(34-7)21(4)15-25)26-16-22(5)31(35-8)23(6)17-26/h10-18,29,32H,9H2,1-8H3/b27-18+. The number of carbonyl (C=O) groups excluding carboxylic acids is 1. The van der Waals surface area contributed by atoms with E-state index in [2.05, 4.69) is 29.6 Å². The minimum Gasteiger partial charge on any atom is -0.496 e. The Morgan fingerprint density at radius 2 is 1.25 bits per heavy atom. The number of carbonyl (C=O) groups is 1. The highest BCUT2D eigenvalue weighted by Crippen LogP contribution is 2.35. The molecule has 0 fully saturated rings. The third kappa shape index (κ3) is 6.09. The first-order valence-corrected chi connectivity index (χ1v) is 12.2. The summed E-state index contributed by atoms with van der Waals surface area (Å²) in [4.78, 5) is 12.6. The fourth-order valence-corrected chi connectivity index (χ4v) is 4.70. The second kappa shape index (κ2) is 11.8. The maximum Gasteiger partial charge on any atom is 0.332 e. The number of methoxy groups -OCH3 is 2. The van der Waals surface area contributed by atoms with Gasteiger partial charge in [0.05, 0.1) is 26.9 Å². The van der Waals surface area contributed by atoms with Crippen molar-refractivity contribution in [3.63, 3.8) is 0 Å². The van der Waals surface area contributed by atoms with E-state index in [0.29, 0.717) is 12.3 Å². The Bertz CT molecular complexity index is 1150. The van der Waals surface area contributed by atoms with Gasteiger partial charge in [0, 0.05) is 11.8 Å². The van der Waals surface area contributed by atoms with Crippen LogP contribution in [0.5, 0.6) is 11.5 Å². The van der Waals surface area contributed by atoms with Crippen LogP contribution in [-0.2, 0) is 9.53 Å². The van der Waals surface area contributed by atoms with Crippen LogP contribution in [0.2, 0.25) is 0 Å². The fourth-order valence-electron chi connectivity index (χ4n) is 4.70. The first-order valence-electron chi connectivity index (χ1n) is 12.2. The van der Waals surface area contributed by atoms with E-state index in [-0.39, 0.29) is 12.0 Å². The molecule has 0 unspecified atom stereocenters. The zero-order valence-corrected chi connectivity index (χ0v) is 22.6. The Labute approximate surface area is 215 Å². The van der Waals surface area contributed by atoms with Gasteiger partial charge in [-0.25, -0.2) is 4.79 Å². The maximum absolute atomic E-state index is 12.6. The molecule has 0 heterocycles. The number of esters is 1. The SMILES string of the molecule is CCOC(=O)/C=C(/NC(c1cc(C)c(OC)c(C)c1)c1cc(C)c(OC)c(C)c1)c1ccc(C)cc1. The third-order valence-electron chi connectivity index (χ3n) is 6.25. The lowest BCUT2D eigenvalue weighted by molar-refractivity contribution is -0.137. The molecule has 3 aromatic carbocycles. The Morgan fingerprint density at radius 1 is 0.806 bits per heavy atom. The summed E-state index contributed by atoms with van der Waals surface area (Å²) in [5, 5.41) is 3.67. The van der Waals surface area contributed by atoms with E-state index in [1.165, 1.54) is 6.08 Å². The molecule has 0 aromatic heterocycles. The van der Waals surface area contributed by atoms with Crippen LogP contribution in [0.4, 0.5) is 0 Å². The molecule has 0 radical (unpaired) electrons. The van der Waals surface area contributed by atoms with Gasteiger partial charge in [-0.2, -0.15) is 0 Å². The molecule has 190 valence electrons. The van der Waals surface area contributed by atoms with Crippen LogP contribution < -0.4 is 14.8 Å². The van der Waals surface area contributed by atoms with E-state index >= 15 is 0 Å². The van der Waals surface area contributed by atoms with E-state index < -0.39 is 0 Å². The van der Waals surface area contributed by atoms with E-state index in [4.69, 9.17) is 14.2 Å². The molecule has 5 nitrogen and oxygen atoms in total. The number of benzene rings is 3. The highest BCUT2D eigenvalue weighted by molar-refractivity contribution is 5.91. The van der Waals surface area contributed by atoms with Gasteiger partial charge in [-0.3, -0.25) is 0 Å². The van der Waals surface area contributed by atoms with Gasteiger partial charge < -0.3 is 19.5 Å². The Hall–Kier alpha value is -3.73. The second-order valence-electron chi connectivity index (χ2n) is 9.13. The third-order valence-corrected chi connectivity index (χ3v) is 6.25. The predicted molar refractivity (Wildman–Crippen MR) is 146 cm³/mol. The molecule has 0 amide bonds. The van der Waals surface area contributed by atoms with Crippen molar-refractivity contribution in [1.82, 2.24) is 5.32 Å². The summed E-state index contributed by atoms with van der Waals surface area (Å²) >= 11 is 0. The Balaban J connectivity index is 2.21. The molecule has 1 N–H and O–H groups in total. The summed E-state index contributed by atoms with van der Waals surface area (Å²) in [6, 6.07) is 16.4. The minimum absolute atomic E-state index is 0.237. The van der Waals surface area contributed by atoms with Crippen molar-refractivity contribution in [1.29, 1.82) is 0 Å². The molecule has 0 spiro atoms. The van der Waals surface area contributed by atoms with Crippen molar-refractivity contribution in [3.05, 3.63) is 99.1 Å². The summed E-state index contributed by atoms with van der Waals surface area (Å²) in [7, 11) is 3.39. The van der Waals surface area contributed by atoms with Crippen LogP contribution in [0.1, 0.15) is 57.5 Å². The molecule has 3 rings (SSSR count). The topological polar surface area (TPSA) is 56.8 Å². The Kier molecular flexibility index (Phi) is 8.81. The van der Waals surface area contributed by atoms with E-state index in [1.807, 2.05) is 58.9 Å². The number of hydrogen-bond donors (Lipinski definition) is 1. The van der Waals surface area contributed by atoms with Crippen LogP contribution in [0.3, 0.4) is 0 Å². The van der Waals surface area contributed by atoms with Crippen LogP contribution in [0.25, 0.3) is 5.70 Å². The van der Waals surface area contributed by atoms with Gasteiger partial charge in [0.15, 0.2) is 0 Å². The van der Waals surface area contributed by atoms with Gasteiger partial charge in [0.1, 0.15) is 11.5 Å². The quantitative estimate of drug-likeness (QED) is 0.275. The average Bonchev–Trinajstić information content (AvgIpc) is 2.82. The molecular weight excluding hydrogens is 450 g/mol. The van der Waals surface area contributed by atoms with Crippen LogP contribution >= 0.6 is 0 Å². The summed E-state index contributed by atoms with van der Waals surface area (Å²) < 4.78 is 16.5. The molecule has 0 saturated carbocycles. The van der Waals surface area contributed by atoms with Crippen LogP contribution in [0, 0.1) is 34.6 Å². The van der Waals surface area contributed by atoms with Crippen molar-refractivity contribution in [2.24, 2.45) is 0 Å². The molecule has 0 aliphatic carbocycles. The normalized spacial score (nSPS) is 11.4. The largest absolute Gasteiger partial charge is 0.496 e. The highest BCUT2D eigenvalue weighted by atomic mass is 16.5. The number of aryl methyl sites for hydroxylation is 5. The number of ether oxygens (including phenoxy) is 3. The van der Waals surface area contributed by atoms with Crippen LogP contribution in [0.15, 0.2) is 54.6 Å². The zero-order chi connectivity index (χ0) is 26.4. The van der Waals surface area contributed by atoms with Gasteiger partial charge in [0.25, 0.3) is 0 Å². The summed E-state index contributed by atoms with van der Waals surface area (Å²) in [6.07, 6.45) is 1.54. The minimum atomic E-state index is -0.386. The molecule has 36 heavy (non-hydrogen) atoms. The molecule has 0 aliphatic heterocycles. The molecule has 0 bridgehead atoms. The lowest BCUT2D eigenvalue weighted by atomic mass is 9.92. The predicted octanol–water partition coefficient (Wildman–Crippen LogP) is 6.53. The van der Waals surface area contributed by atoms with Gasteiger partial charge in [-0.1, -0.05) is 29.8 Å². The lowest BCUT2D eigenvalue weighted by Gasteiger charge is -2.26.